The molecule has 0 saturated heterocycles. The lowest BCUT2D eigenvalue weighted by molar-refractivity contribution is 0.0690. The number of pyridine rings is 1. The first-order valence-electron chi connectivity index (χ1n) is 4.25. The number of aryl methyl sites for hydroxylation is 1. The fraction of sp³-hybridized carbons (Fsp3) is 0.111. The summed E-state index contributed by atoms with van der Waals surface area (Å²) in [6, 6.07) is 1.71. The van der Waals surface area contributed by atoms with Crippen molar-refractivity contribution in [3.63, 3.8) is 0 Å². The summed E-state index contributed by atoms with van der Waals surface area (Å²) >= 11 is 0. The monoisotopic (exact) mass is 204 g/mol. The Balaban J connectivity index is 2.68. The Morgan fingerprint density at radius 2 is 2.00 bits per heavy atom. The van der Waals surface area contributed by atoms with Crippen LogP contribution in [0.5, 0.6) is 0 Å². The van der Waals surface area contributed by atoms with Crippen molar-refractivity contribution in [2.45, 2.75) is 6.92 Å². The number of carboxylic acids is 1. The molecular formula is C9H8N4O2. The number of carbonyl (C=O) groups is 1. The van der Waals surface area contributed by atoms with Gasteiger partial charge in [0.25, 0.3) is 0 Å². The number of aromatic carboxylic acids is 1. The Morgan fingerprint density at radius 3 is 2.60 bits per heavy atom. The summed E-state index contributed by atoms with van der Waals surface area (Å²) in [6.07, 6.45) is 4.42. The number of hydrogen-bond acceptors (Lipinski definition) is 4. The minimum absolute atomic E-state index is 0.0498. The normalized spacial score (nSPS) is 10.2. The topological polar surface area (TPSA) is 80.9 Å². The van der Waals surface area contributed by atoms with E-state index in [1.165, 1.54) is 23.4 Å². The second-order valence-corrected chi connectivity index (χ2v) is 2.95. The molecule has 0 atom stereocenters. The van der Waals surface area contributed by atoms with E-state index in [1.807, 2.05) is 0 Å². The van der Waals surface area contributed by atoms with Crippen LogP contribution in [-0.2, 0) is 0 Å². The fourth-order valence-electron chi connectivity index (χ4n) is 1.29. The highest BCUT2D eigenvalue weighted by Gasteiger charge is 2.16. The largest absolute Gasteiger partial charge is 0.476 e. The molecule has 0 bridgehead atoms. The molecule has 2 heterocycles. The molecule has 0 spiro atoms. The van der Waals surface area contributed by atoms with Crippen LogP contribution in [0.3, 0.4) is 0 Å². The molecule has 0 unspecified atom stereocenters. The van der Waals surface area contributed by atoms with Gasteiger partial charge in [0.2, 0.25) is 0 Å². The number of aromatic nitrogens is 4. The van der Waals surface area contributed by atoms with Gasteiger partial charge < -0.3 is 5.11 Å². The first-order valence-corrected chi connectivity index (χ1v) is 4.25. The SMILES string of the molecule is Cc1ccnc(C(=O)O)c1-n1nccn1. The van der Waals surface area contributed by atoms with Gasteiger partial charge in [-0.25, -0.2) is 9.78 Å². The van der Waals surface area contributed by atoms with Crippen LogP contribution in [0.1, 0.15) is 16.1 Å². The molecule has 0 radical (unpaired) electrons. The van der Waals surface area contributed by atoms with Crippen LogP contribution < -0.4 is 0 Å². The fourth-order valence-corrected chi connectivity index (χ4v) is 1.29. The molecule has 2 rings (SSSR count). The van der Waals surface area contributed by atoms with Crippen LogP contribution in [0.4, 0.5) is 0 Å². The van der Waals surface area contributed by atoms with E-state index in [-0.39, 0.29) is 5.69 Å². The van der Waals surface area contributed by atoms with Gasteiger partial charge in [-0.2, -0.15) is 10.2 Å². The molecule has 0 aliphatic heterocycles. The van der Waals surface area contributed by atoms with Gasteiger partial charge in [-0.15, -0.1) is 4.80 Å². The second-order valence-electron chi connectivity index (χ2n) is 2.95. The molecule has 0 aliphatic carbocycles. The Bertz CT molecular complexity index is 493. The molecule has 15 heavy (non-hydrogen) atoms. The van der Waals surface area contributed by atoms with Crippen molar-refractivity contribution >= 4 is 5.97 Å². The minimum Gasteiger partial charge on any atom is -0.476 e. The average Bonchev–Trinajstić information content (AvgIpc) is 2.70. The maximum absolute atomic E-state index is 10.9. The van der Waals surface area contributed by atoms with E-state index in [4.69, 9.17) is 5.11 Å². The van der Waals surface area contributed by atoms with E-state index in [9.17, 15) is 4.79 Å². The molecule has 76 valence electrons. The van der Waals surface area contributed by atoms with Crippen LogP contribution in [0.2, 0.25) is 0 Å². The van der Waals surface area contributed by atoms with Gasteiger partial charge in [-0.3, -0.25) is 0 Å². The Morgan fingerprint density at radius 1 is 1.33 bits per heavy atom. The van der Waals surface area contributed by atoms with Crippen molar-refractivity contribution in [1.29, 1.82) is 0 Å². The molecule has 0 fully saturated rings. The highest BCUT2D eigenvalue weighted by atomic mass is 16.4. The van der Waals surface area contributed by atoms with Gasteiger partial charge in [-0.05, 0) is 18.6 Å². The molecule has 0 amide bonds. The minimum atomic E-state index is -1.09. The van der Waals surface area contributed by atoms with E-state index >= 15 is 0 Å². The molecular weight excluding hydrogens is 196 g/mol. The number of rotatable bonds is 2. The van der Waals surface area contributed by atoms with Crippen LogP contribution in [0.15, 0.2) is 24.7 Å². The lowest BCUT2D eigenvalue weighted by atomic mass is 10.2. The summed E-state index contributed by atoms with van der Waals surface area (Å²) in [5.74, 6) is -1.09. The Hall–Kier alpha value is -2.24. The van der Waals surface area contributed by atoms with Crippen molar-refractivity contribution in [2.75, 3.05) is 0 Å². The van der Waals surface area contributed by atoms with Gasteiger partial charge >= 0.3 is 5.97 Å². The first kappa shape index (κ1) is 9.32. The number of hydrogen-bond donors (Lipinski definition) is 1. The molecule has 6 nitrogen and oxygen atoms in total. The van der Waals surface area contributed by atoms with Crippen molar-refractivity contribution in [3.05, 3.63) is 35.9 Å². The van der Waals surface area contributed by atoms with Crippen molar-refractivity contribution in [2.24, 2.45) is 0 Å². The van der Waals surface area contributed by atoms with E-state index in [1.54, 1.807) is 13.0 Å². The summed E-state index contributed by atoms with van der Waals surface area (Å²) in [4.78, 5) is 16.0. The van der Waals surface area contributed by atoms with Crippen LogP contribution >= 0.6 is 0 Å². The third-order valence-corrected chi connectivity index (χ3v) is 1.95. The maximum atomic E-state index is 10.9. The van der Waals surface area contributed by atoms with Gasteiger partial charge in [0.05, 0.1) is 12.4 Å². The van der Waals surface area contributed by atoms with Crippen LogP contribution in [0, 0.1) is 6.92 Å². The van der Waals surface area contributed by atoms with Crippen molar-refractivity contribution in [1.82, 2.24) is 20.0 Å². The quantitative estimate of drug-likeness (QED) is 0.777. The van der Waals surface area contributed by atoms with E-state index in [2.05, 4.69) is 15.2 Å². The van der Waals surface area contributed by atoms with Gasteiger partial charge in [0, 0.05) is 6.20 Å². The third-order valence-electron chi connectivity index (χ3n) is 1.95. The lowest BCUT2D eigenvalue weighted by Crippen LogP contribution is -2.11. The highest BCUT2D eigenvalue weighted by molar-refractivity contribution is 5.90. The summed E-state index contributed by atoms with van der Waals surface area (Å²) in [6.45, 7) is 1.78. The Labute approximate surface area is 85.2 Å². The molecule has 6 heteroatoms. The summed E-state index contributed by atoms with van der Waals surface area (Å²) in [5, 5.41) is 16.7. The smallest absolute Gasteiger partial charge is 0.356 e. The zero-order valence-electron chi connectivity index (χ0n) is 7.95. The average molecular weight is 204 g/mol. The van der Waals surface area contributed by atoms with Gasteiger partial charge in [0.15, 0.2) is 5.69 Å². The zero-order chi connectivity index (χ0) is 10.8. The first-order chi connectivity index (χ1) is 7.20. The zero-order valence-corrected chi connectivity index (χ0v) is 7.95. The lowest BCUT2D eigenvalue weighted by Gasteiger charge is -2.06. The summed E-state index contributed by atoms with van der Waals surface area (Å²) < 4.78 is 0. The number of nitrogens with zero attached hydrogens (tertiary/aromatic N) is 4. The predicted molar refractivity (Wildman–Crippen MR) is 50.9 cm³/mol. The second kappa shape index (κ2) is 3.49. The molecule has 2 aromatic heterocycles. The maximum Gasteiger partial charge on any atom is 0.356 e. The predicted octanol–water partition coefficient (Wildman–Crippen LogP) is 0.669. The molecule has 1 N–H and O–H groups in total. The van der Waals surface area contributed by atoms with E-state index in [0.717, 1.165) is 5.56 Å². The Kier molecular flexibility index (Phi) is 2.17. The summed E-state index contributed by atoms with van der Waals surface area (Å²) in [5.41, 5.74) is 1.11. The van der Waals surface area contributed by atoms with E-state index < -0.39 is 5.97 Å². The van der Waals surface area contributed by atoms with Crippen LogP contribution in [0.25, 0.3) is 5.69 Å². The highest BCUT2D eigenvalue weighted by Crippen LogP contribution is 2.14. The summed E-state index contributed by atoms with van der Waals surface area (Å²) in [7, 11) is 0. The molecule has 0 aromatic carbocycles. The molecule has 0 saturated carbocycles. The molecule has 2 aromatic rings. The number of carboxylic acid groups (broad SMARTS) is 1. The van der Waals surface area contributed by atoms with Gasteiger partial charge in [-0.1, -0.05) is 0 Å². The van der Waals surface area contributed by atoms with Gasteiger partial charge in [0.1, 0.15) is 5.69 Å². The van der Waals surface area contributed by atoms with E-state index in [0.29, 0.717) is 5.69 Å². The third kappa shape index (κ3) is 1.56. The standard InChI is InChI=1S/C9H8N4O2/c1-6-2-3-10-7(9(14)15)8(6)13-11-4-5-12-13/h2-5H,1H3,(H,14,15). The van der Waals surface area contributed by atoms with Crippen molar-refractivity contribution < 1.29 is 9.90 Å². The van der Waals surface area contributed by atoms with Crippen molar-refractivity contribution in [3.8, 4) is 5.69 Å². The van der Waals surface area contributed by atoms with Crippen LogP contribution in [-0.4, -0.2) is 31.1 Å². The molecule has 0 aliphatic rings.